The zero-order valence-electron chi connectivity index (χ0n) is 37.8. The molecule has 14 rings (SSSR count). The van der Waals surface area contributed by atoms with Crippen LogP contribution in [-0.4, -0.2) is 4.57 Å². The number of fused-ring (bicyclic) bond motifs is 13. The van der Waals surface area contributed by atoms with Crippen LogP contribution in [0.1, 0.15) is 22.3 Å². The fourth-order valence-corrected chi connectivity index (χ4v) is 12.0. The maximum Gasteiger partial charge on any atom is 0.0726 e. The molecule has 0 saturated carbocycles. The molecule has 1 spiro atoms. The molecule has 0 amide bonds. The molecule has 0 fully saturated rings. The van der Waals surface area contributed by atoms with Crippen LogP contribution in [0.3, 0.4) is 0 Å². The summed E-state index contributed by atoms with van der Waals surface area (Å²) in [7, 11) is 0. The van der Waals surface area contributed by atoms with Gasteiger partial charge in [-0.2, -0.15) is 0 Å². The van der Waals surface area contributed by atoms with Crippen LogP contribution < -0.4 is 4.90 Å². The van der Waals surface area contributed by atoms with Crippen molar-refractivity contribution in [2.45, 2.75) is 5.41 Å². The number of para-hydroxylation sites is 3. The Morgan fingerprint density at radius 1 is 0.290 bits per heavy atom. The van der Waals surface area contributed by atoms with E-state index in [1.807, 2.05) is 0 Å². The van der Waals surface area contributed by atoms with E-state index in [0.29, 0.717) is 0 Å². The summed E-state index contributed by atoms with van der Waals surface area (Å²) in [4.78, 5) is 2.47. The van der Waals surface area contributed by atoms with Gasteiger partial charge in [-0.05, 0) is 133 Å². The second-order valence-corrected chi connectivity index (χ2v) is 18.4. The molecule has 69 heavy (non-hydrogen) atoms. The smallest absolute Gasteiger partial charge is 0.0726 e. The SMILES string of the molecule is c1ccc(-c2ccccc2N(c2ccc(-c3cccc(-c4cccc5c4c4ccccc4n5-c4ccccc4)c3)cc2)c2ccc3c(c2)C2(c4ccccc4-c4ccccc42)c2ccccc2-3)cc1. The second kappa shape index (κ2) is 15.6. The quantitative estimate of drug-likeness (QED) is 0.155. The highest BCUT2D eigenvalue weighted by Gasteiger charge is 2.51. The van der Waals surface area contributed by atoms with E-state index in [1.54, 1.807) is 0 Å². The minimum atomic E-state index is -0.449. The zero-order valence-corrected chi connectivity index (χ0v) is 37.8. The molecule has 0 saturated heterocycles. The molecule has 0 unspecified atom stereocenters. The number of hydrogen-bond donors (Lipinski definition) is 0. The molecule has 1 heterocycles. The monoisotopic (exact) mass is 876 g/mol. The van der Waals surface area contributed by atoms with Gasteiger partial charge in [0.2, 0.25) is 0 Å². The molecule has 2 heteroatoms. The predicted octanol–water partition coefficient (Wildman–Crippen LogP) is 17.6. The lowest BCUT2D eigenvalue weighted by Crippen LogP contribution is -2.26. The maximum absolute atomic E-state index is 2.49. The first-order valence-electron chi connectivity index (χ1n) is 23.9. The summed E-state index contributed by atoms with van der Waals surface area (Å²) in [6.07, 6.45) is 0. The first-order chi connectivity index (χ1) is 34.3. The Kier molecular flexibility index (Phi) is 8.84. The van der Waals surface area contributed by atoms with Gasteiger partial charge in [0, 0.05) is 33.4 Å². The highest BCUT2D eigenvalue weighted by Crippen LogP contribution is 2.63. The van der Waals surface area contributed by atoms with Gasteiger partial charge in [0.15, 0.2) is 0 Å². The van der Waals surface area contributed by atoms with E-state index in [2.05, 4.69) is 276 Å². The third-order valence-electron chi connectivity index (χ3n) is 14.8. The Bertz CT molecular complexity index is 3890. The standard InChI is InChI=1S/C67H44N2/c1-3-19-46(20-4-1)52-25-10-15-34-63(52)68(51-41-42-57-56-28-9-14-33-61(56)67(62(57)44-51)59-31-12-7-26-54(59)55-27-8-13-32-60(55)67)50-39-37-45(38-40-50)47-21-17-22-48(43-47)53-30-18-36-65-66(53)58-29-11-16-35-64(58)69(65)49-23-5-2-6-24-49/h1-44H. The van der Waals surface area contributed by atoms with E-state index in [0.717, 1.165) is 22.7 Å². The fraction of sp³-hybridized carbons (Fsp3) is 0.0149. The second-order valence-electron chi connectivity index (χ2n) is 18.4. The van der Waals surface area contributed by atoms with E-state index >= 15 is 0 Å². The number of anilines is 3. The number of nitrogens with zero attached hydrogens (tertiary/aromatic N) is 2. The van der Waals surface area contributed by atoms with Crippen LogP contribution in [0.25, 0.3) is 83.1 Å². The average Bonchev–Trinajstić information content (AvgIpc) is 4.04. The Labute approximate surface area is 402 Å². The van der Waals surface area contributed by atoms with E-state index in [9.17, 15) is 0 Å². The van der Waals surface area contributed by atoms with Gasteiger partial charge in [0.25, 0.3) is 0 Å². The largest absolute Gasteiger partial charge is 0.310 e. The molecule has 322 valence electrons. The first-order valence-corrected chi connectivity index (χ1v) is 23.9. The minimum Gasteiger partial charge on any atom is -0.310 e. The fourth-order valence-electron chi connectivity index (χ4n) is 12.0. The molecular weight excluding hydrogens is 833 g/mol. The molecular formula is C67H44N2. The predicted molar refractivity (Wildman–Crippen MR) is 288 cm³/mol. The first kappa shape index (κ1) is 39.2. The van der Waals surface area contributed by atoms with Gasteiger partial charge in [-0.15, -0.1) is 0 Å². The van der Waals surface area contributed by atoms with Crippen LogP contribution in [0.5, 0.6) is 0 Å². The van der Waals surface area contributed by atoms with Crippen LogP contribution in [0.15, 0.2) is 267 Å². The third kappa shape index (κ3) is 5.86. The lowest BCUT2D eigenvalue weighted by molar-refractivity contribution is 0.793. The molecule has 0 N–H and O–H groups in total. The summed E-state index contributed by atoms with van der Waals surface area (Å²) in [6.45, 7) is 0. The Hall–Kier alpha value is -8.98. The third-order valence-corrected chi connectivity index (χ3v) is 14.8. The van der Waals surface area contributed by atoms with Gasteiger partial charge in [-0.1, -0.05) is 206 Å². The van der Waals surface area contributed by atoms with Crippen LogP contribution in [0.2, 0.25) is 0 Å². The van der Waals surface area contributed by atoms with Crippen molar-refractivity contribution in [1.82, 2.24) is 4.57 Å². The highest BCUT2D eigenvalue weighted by molar-refractivity contribution is 6.16. The summed E-state index contributed by atoms with van der Waals surface area (Å²) in [6, 6.07) is 98.4. The van der Waals surface area contributed by atoms with Crippen LogP contribution in [0.4, 0.5) is 17.1 Å². The molecule has 0 aliphatic heterocycles. The molecule has 0 bridgehead atoms. The molecule has 2 nitrogen and oxygen atoms in total. The minimum absolute atomic E-state index is 0.449. The Morgan fingerprint density at radius 3 is 1.51 bits per heavy atom. The number of rotatable bonds is 7. The van der Waals surface area contributed by atoms with Gasteiger partial charge in [-0.3, -0.25) is 0 Å². The summed E-state index contributed by atoms with van der Waals surface area (Å²) < 4.78 is 2.39. The normalized spacial score (nSPS) is 12.8. The van der Waals surface area contributed by atoms with Gasteiger partial charge < -0.3 is 9.47 Å². The van der Waals surface area contributed by atoms with Crippen molar-refractivity contribution in [1.29, 1.82) is 0 Å². The molecule has 2 aliphatic carbocycles. The lowest BCUT2D eigenvalue weighted by Gasteiger charge is -2.32. The van der Waals surface area contributed by atoms with Crippen LogP contribution in [-0.2, 0) is 5.41 Å². The zero-order chi connectivity index (χ0) is 45.5. The Morgan fingerprint density at radius 2 is 0.797 bits per heavy atom. The molecule has 11 aromatic carbocycles. The average molecular weight is 877 g/mol. The highest BCUT2D eigenvalue weighted by atomic mass is 15.1. The topological polar surface area (TPSA) is 8.17 Å². The van der Waals surface area contributed by atoms with Crippen molar-refractivity contribution < 1.29 is 0 Å². The summed E-state index contributed by atoms with van der Waals surface area (Å²) in [5, 5.41) is 2.52. The number of hydrogen-bond acceptors (Lipinski definition) is 1. The van der Waals surface area contributed by atoms with Crippen molar-refractivity contribution >= 4 is 38.9 Å². The van der Waals surface area contributed by atoms with Crippen LogP contribution >= 0.6 is 0 Å². The van der Waals surface area contributed by atoms with Gasteiger partial charge in [0.1, 0.15) is 0 Å². The number of benzene rings is 11. The van der Waals surface area contributed by atoms with Crippen molar-refractivity contribution in [2.75, 3.05) is 4.90 Å². The van der Waals surface area contributed by atoms with E-state index in [4.69, 9.17) is 0 Å². The Balaban J connectivity index is 0.923. The summed E-state index contributed by atoms with van der Waals surface area (Å²) >= 11 is 0. The molecule has 2 aliphatic rings. The molecule has 1 aromatic heterocycles. The van der Waals surface area contributed by atoms with Gasteiger partial charge >= 0.3 is 0 Å². The molecule has 0 radical (unpaired) electrons. The van der Waals surface area contributed by atoms with Crippen molar-refractivity contribution in [3.05, 3.63) is 289 Å². The van der Waals surface area contributed by atoms with E-state index in [1.165, 1.54) is 99.7 Å². The van der Waals surface area contributed by atoms with Crippen molar-refractivity contribution in [3.8, 4) is 61.3 Å². The van der Waals surface area contributed by atoms with Crippen molar-refractivity contribution in [3.63, 3.8) is 0 Å². The van der Waals surface area contributed by atoms with Gasteiger partial charge in [0.05, 0.1) is 22.1 Å². The van der Waals surface area contributed by atoms with Gasteiger partial charge in [-0.25, -0.2) is 0 Å². The maximum atomic E-state index is 2.49. The molecule has 0 atom stereocenters. The van der Waals surface area contributed by atoms with E-state index < -0.39 is 5.41 Å². The van der Waals surface area contributed by atoms with Crippen LogP contribution in [0, 0.1) is 0 Å². The number of aromatic nitrogens is 1. The summed E-state index contributed by atoms with van der Waals surface area (Å²) in [5.74, 6) is 0. The summed E-state index contributed by atoms with van der Waals surface area (Å²) in [5.41, 5.74) is 24.1. The van der Waals surface area contributed by atoms with Crippen molar-refractivity contribution in [2.24, 2.45) is 0 Å². The van der Waals surface area contributed by atoms with E-state index in [-0.39, 0.29) is 0 Å². The lowest BCUT2D eigenvalue weighted by atomic mass is 9.70. The molecule has 12 aromatic rings.